The maximum atomic E-state index is 10.7. The molecule has 0 radical (unpaired) electrons. The van der Waals surface area contributed by atoms with E-state index in [2.05, 4.69) is 0 Å². The highest BCUT2D eigenvalue weighted by Crippen LogP contribution is 2.06. The smallest absolute Gasteiger partial charge is 0.195 e. The Bertz CT molecular complexity index is 391. The summed E-state index contributed by atoms with van der Waals surface area (Å²) in [5.41, 5.74) is 1.47. The SMILES string of the molecule is N#Cc1cccc(CCC(=O)C=O)c1. The fourth-order valence-electron chi connectivity index (χ4n) is 1.12. The van der Waals surface area contributed by atoms with Gasteiger partial charge in [0.25, 0.3) is 0 Å². The zero-order valence-corrected chi connectivity index (χ0v) is 7.56. The Hall–Kier alpha value is -1.95. The van der Waals surface area contributed by atoms with Crippen molar-refractivity contribution in [3.05, 3.63) is 35.4 Å². The number of nitriles is 1. The molecule has 0 heterocycles. The van der Waals surface area contributed by atoms with Gasteiger partial charge in [0.2, 0.25) is 0 Å². The van der Waals surface area contributed by atoms with Gasteiger partial charge < -0.3 is 0 Å². The molecule has 0 N–H and O–H groups in total. The van der Waals surface area contributed by atoms with Crippen LogP contribution in [0, 0.1) is 11.3 Å². The van der Waals surface area contributed by atoms with Gasteiger partial charge >= 0.3 is 0 Å². The Morgan fingerprint density at radius 3 is 2.93 bits per heavy atom. The first-order valence-electron chi connectivity index (χ1n) is 4.23. The van der Waals surface area contributed by atoms with E-state index in [0.717, 1.165) is 5.56 Å². The summed E-state index contributed by atoms with van der Waals surface area (Å²) >= 11 is 0. The van der Waals surface area contributed by atoms with Crippen molar-refractivity contribution in [2.24, 2.45) is 0 Å². The van der Waals surface area contributed by atoms with Crippen molar-refractivity contribution < 1.29 is 9.59 Å². The van der Waals surface area contributed by atoms with Crippen LogP contribution in [0.3, 0.4) is 0 Å². The second-order valence-corrected chi connectivity index (χ2v) is 2.90. The number of carbonyl (C=O) groups excluding carboxylic acids is 2. The fourth-order valence-corrected chi connectivity index (χ4v) is 1.12. The molecule has 1 aromatic rings. The Morgan fingerprint density at radius 2 is 2.29 bits per heavy atom. The molecule has 0 aliphatic rings. The highest BCUT2D eigenvalue weighted by Gasteiger charge is 2.00. The Labute approximate surface area is 82.0 Å². The molecule has 1 aromatic carbocycles. The molecule has 14 heavy (non-hydrogen) atoms. The zero-order valence-electron chi connectivity index (χ0n) is 7.56. The van der Waals surface area contributed by atoms with Gasteiger partial charge in [0.15, 0.2) is 12.1 Å². The molecule has 0 unspecified atom stereocenters. The van der Waals surface area contributed by atoms with Crippen molar-refractivity contribution >= 4 is 12.1 Å². The molecule has 0 amide bonds. The van der Waals surface area contributed by atoms with Crippen LogP contribution in [0.1, 0.15) is 17.5 Å². The summed E-state index contributed by atoms with van der Waals surface area (Å²) in [5.74, 6) is -0.410. The van der Waals surface area contributed by atoms with Crippen LogP contribution in [0.15, 0.2) is 24.3 Å². The zero-order chi connectivity index (χ0) is 10.4. The maximum Gasteiger partial charge on any atom is 0.195 e. The molecule has 0 atom stereocenters. The van der Waals surface area contributed by atoms with E-state index in [1.807, 2.05) is 12.1 Å². The van der Waals surface area contributed by atoms with E-state index in [-0.39, 0.29) is 6.42 Å². The molecule has 0 saturated heterocycles. The van der Waals surface area contributed by atoms with E-state index >= 15 is 0 Å². The van der Waals surface area contributed by atoms with Gasteiger partial charge in [-0.15, -0.1) is 0 Å². The molecular formula is C11H9NO2. The third-order valence-electron chi connectivity index (χ3n) is 1.85. The van der Waals surface area contributed by atoms with Crippen molar-refractivity contribution in [1.82, 2.24) is 0 Å². The van der Waals surface area contributed by atoms with Crippen LogP contribution < -0.4 is 0 Å². The molecule has 3 nitrogen and oxygen atoms in total. The van der Waals surface area contributed by atoms with Crippen LogP contribution in [0.4, 0.5) is 0 Å². The van der Waals surface area contributed by atoms with E-state index < -0.39 is 5.78 Å². The van der Waals surface area contributed by atoms with Crippen LogP contribution in [0.2, 0.25) is 0 Å². The van der Waals surface area contributed by atoms with E-state index in [1.165, 1.54) is 0 Å². The first-order chi connectivity index (χ1) is 6.76. The summed E-state index contributed by atoms with van der Waals surface area (Å²) in [7, 11) is 0. The van der Waals surface area contributed by atoms with Crippen molar-refractivity contribution in [2.75, 3.05) is 0 Å². The Balaban J connectivity index is 2.64. The number of aldehydes is 1. The molecule has 0 bridgehead atoms. The molecule has 0 spiro atoms. The van der Waals surface area contributed by atoms with Crippen molar-refractivity contribution in [3.8, 4) is 6.07 Å². The number of carbonyl (C=O) groups is 2. The van der Waals surface area contributed by atoms with Gasteiger partial charge in [-0.3, -0.25) is 9.59 Å². The summed E-state index contributed by atoms with van der Waals surface area (Å²) in [6.45, 7) is 0. The first-order valence-corrected chi connectivity index (χ1v) is 4.23. The lowest BCUT2D eigenvalue weighted by molar-refractivity contribution is -0.129. The summed E-state index contributed by atoms with van der Waals surface area (Å²) in [6, 6.07) is 9.03. The number of hydrogen-bond acceptors (Lipinski definition) is 3. The normalized spacial score (nSPS) is 9.07. The number of nitrogens with zero attached hydrogens (tertiary/aromatic N) is 1. The summed E-state index contributed by atoms with van der Waals surface area (Å²) in [5, 5.41) is 8.61. The number of ketones is 1. The first kappa shape index (κ1) is 10.1. The predicted molar refractivity (Wildman–Crippen MR) is 50.5 cm³/mol. The minimum atomic E-state index is -0.410. The third kappa shape index (κ3) is 2.83. The van der Waals surface area contributed by atoms with Gasteiger partial charge in [-0.1, -0.05) is 12.1 Å². The molecule has 0 aliphatic carbocycles. The summed E-state index contributed by atoms with van der Waals surface area (Å²) in [4.78, 5) is 20.8. The Kier molecular flexibility index (Phi) is 3.57. The van der Waals surface area contributed by atoms with Crippen molar-refractivity contribution in [2.45, 2.75) is 12.8 Å². The molecule has 0 saturated carbocycles. The Morgan fingerprint density at radius 1 is 1.50 bits per heavy atom. The lowest BCUT2D eigenvalue weighted by Crippen LogP contribution is -2.00. The van der Waals surface area contributed by atoms with Crippen LogP contribution in [0.25, 0.3) is 0 Å². The molecule has 70 valence electrons. The number of rotatable bonds is 4. The molecule has 1 rings (SSSR count). The van der Waals surface area contributed by atoms with Crippen molar-refractivity contribution in [3.63, 3.8) is 0 Å². The van der Waals surface area contributed by atoms with E-state index in [9.17, 15) is 9.59 Å². The average molecular weight is 187 g/mol. The van der Waals surface area contributed by atoms with E-state index in [4.69, 9.17) is 5.26 Å². The van der Waals surface area contributed by atoms with Crippen LogP contribution in [-0.2, 0) is 16.0 Å². The average Bonchev–Trinajstić information content (AvgIpc) is 2.26. The topological polar surface area (TPSA) is 57.9 Å². The van der Waals surface area contributed by atoms with Crippen molar-refractivity contribution in [1.29, 1.82) is 5.26 Å². The van der Waals surface area contributed by atoms with Crippen LogP contribution in [-0.4, -0.2) is 12.1 Å². The number of hydrogen-bond donors (Lipinski definition) is 0. The fraction of sp³-hybridized carbons (Fsp3) is 0.182. The minimum absolute atomic E-state index is 0.207. The van der Waals surface area contributed by atoms with Gasteiger partial charge in [-0.2, -0.15) is 5.26 Å². The van der Waals surface area contributed by atoms with Gasteiger partial charge in [-0.25, -0.2) is 0 Å². The van der Waals surface area contributed by atoms with Gasteiger partial charge in [0, 0.05) is 6.42 Å². The van der Waals surface area contributed by atoms with Gasteiger partial charge in [0.05, 0.1) is 11.6 Å². The van der Waals surface area contributed by atoms with E-state index in [1.54, 1.807) is 18.2 Å². The van der Waals surface area contributed by atoms with Gasteiger partial charge in [-0.05, 0) is 24.1 Å². The lowest BCUT2D eigenvalue weighted by Gasteiger charge is -1.98. The minimum Gasteiger partial charge on any atom is -0.295 e. The number of benzene rings is 1. The molecule has 0 fully saturated rings. The molecule has 0 aromatic heterocycles. The molecule has 3 heteroatoms. The molecule has 0 aliphatic heterocycles. The standard InChI is InChI=1S/C11H9NO2/c12-7-10-3-1-2-9(6-10)4-5-11(14)8-13/h1-3,6,8H,4-5H2. The maximum absolute atomic E-state index is 10.7. The third-order valence-corrected chi connectivity index (χ3v) is 1.85. The highest BCUT2D eigenvalue weighted by molar-refractivity contribution is 6.24. The van der Waals surface area contributed by atoms with Crippen LogP contribution >= 0.6 is 0 Å². The second-order valence-electron chi connectivity index (χ2n) is 2.90. The summed E-state index contributed by atoms with van der Waals surface area (Å²) < 4.78 is 0. The lowest BCUT2D eigenvalue weighted by atomic mass is 10.1. The number of aryl methyl sites for hydroxylation is 1. The van der Waals surface area contributed by atoms with Crippen LogP contribution in [0.5, 0.6) is 0 Å². The summed E-state index contributed by atoms with van der Waals surface area (Å²) in [6.07, 6.45) is 1.04. The second kappa shape index (κ2) is 4.93. The molecular weight excluding hydrogens is 178 g/mol. The largest absolute Gasteiger partial charge is 0.295 e. The van der Waals surface area contributed by atoms with E-state index in [0.29, 0.717) is 18.3 Å². The predicted octanol–water partition coefficient (Wildman–Crippen LogP) is 1.26. The quantitative estimate of drug-likeness (QED) is 0.526. The van der Waals surface area contributed by atoms with Gasteiger partial charge in [0.1, 0.15) is 0 Å². The number of Topliss-reactive ketones (excluding diaryl/α,β-unsaturated/α-hetero) is 1. The monoisotopic (exact) mass is 187 g/mol. The highest BCUT2D eigenvalue weighted by atomic mass is 16.2.